The second kappa shape index (κ2) is 9.92. The summed E-state index contributed by atoms with van der Waals surface area (Å²) in [6.07, 6.45) is 0. The van der Waals surface area contributed by atoms with Crippen LogP contribution in [-0.4, -0.2) is 28.3 Å². The van der Waals surface area contributed by atoms with Crippen LogP contribution in [0.1, 0.15) is 27.7 Å². The van der Waals surface area contributed by atoms with Gasteiger partial charge in [-0.05, 0) is 55.9 Å². The third kappa shape index (κ3) is 5.03. The van der Waals surface area contributed by atoms with Crippen LogP contribution in [0.2, 0.25) is 0 Å². The molecule has 192 valence electrons. The fourth-order valence-corrected chi connectivity index (χ4v) is 4.75. The minimum absolute atomic E-state index is 0.401. The average molecular weight is 510 g/mol. The van der Waals surface area contributed by atoms with Gasteiger partial charge in [-0.2, -0.15) is 0 Å². The SMILES string of the molecule is CC1(C)OB(c2cccc(-c3cc(-c4ccc(-c5ccccc5)cc4)nc(-c4ccccc4)n3)c2)OC1(C)C. The Morgan fingerprint density at radius 1 is 0.487 bits per heavy atom. The van der Waals surface area contributed by atoms with Gasteiger partial charge in [0.1, 0.15) is 0 Å². The molecule has 6 rings (SSSR count). The quantitative estimate of drug-likeness (QED) is 0.231. The first-order valence-corrected chi connectivity index (χ1v) is 13.4. The minimum Gasteiger partial charge on any atom is -0.399 e. The van der Waals surface area contributed by atoms with Gasteiger partial charge < -0.3 is 9.31 Å². The second-order valence-electron chi connectivity index (χ2n) is 11.0. The molecule has 2 heterocycles. The lowest BCUT2D eigenvalue weighted by molar-refractivity contribution is 0.00578. The van der Waals surface area contributed by atoms with Crippen molar-refractivity contribution in [2.24, 2.45) is 0 Å². The summed E-state index contributed by atoms with van der Waals surface area (Å²) in [7, 11) is -0.435. The highest BCUT2D eigenvalue weighted by Crippen LogP contribution is 2.37. The molecule has 1 aliphatic rings. The van der Waals surface area contributed by atoms with Crippen LogP contribution in [0.5, 0.6) is 0 Å². The molecular formula is C34H31BN2O2. The molecule has 1 saturated heterocycles. The van der Waals surface area contributed by atoms with Crippen molar-refractivity contribution in [1.29, 1.82) is 0 Å². The zero-order chi connectivity index (χ0) is 27.0. The van der Waals surface area contributed by atoms with Crippen LogP contribution in [0.3, 0.4) is 0 Å². The van der Waals surface area contributed by atoms with E-state index in [1.54, 1.807) is 0 Å². The molecule has 4 nitrogen and oxygen atoms in total. The van der Waals surface area contributed by atoms with Gasteiger partial charge in [-0.1, -0.05) is 109 Å². The van der Waals surface area contributed by atoms with Gasteiger partial charge in [-0.25, -0.2) is 9.97 Å². The van der Waals surface area contributed by atoms with E-state index < -0.39 is 18.3 Å². The van der Waals surface area contributed by atoms with E-state index in [9.17, 15) is 0 Å². The zero-order valence-corrected chi connectivity index (χ0v) is 22.8. The van der Waals surface area contributed by atoms with Gasteiger partial charge in [-0.15, -0.1) is 0 Å². The Morgan fingerprint density at radius 3 is 1.59 bits per heavy atom. The van der Waals surface area contributed by atoms with E-state index >= 15 is 0 Å². The lowest BCUT2D eigenvalue weighted by atomic mass is 9.78. The maximum atomic E-state index is 6.32. The van der Waals surface area contributed by atoms with Crippen molar-refractivity contribution >= 4 is 12.6 Å². The summed E-state index contributed by atoms with van der Waals surface area (Å²) in [6.45, 7) is 8.29. The van der Waals surface area contributed by atoms with E-state index in [4.69, 9.17) is 19.3 Å². The first-order valence-electron chi connectivity index (χ1n) is 13.4. The maximum absolute atomic E-state index is 6.32. The Hall–Kier alpha value is -4.06. The molecule has 0 spiro atoms. The Morgan fingerprint density at radius 2 is 0.974 bits per heavy atom. The Balaban J connectivity index is 1.41. The molecule has 5 aromatic rings. The number of hydrogen-bond acceptors (Lipinski definition) is 4. The van der Waals surface area contributed by atoms with Gasteiger partial charge in [-0.3, -0.25) is 0 Å². The molecule has 5 heteroatoms. The molecule has 0 unspecified atom stereocenters. The topological polar surface area (TPSA) is 44.2 Å². The summed E-state index contributed by atoms with van der Waals surface area (Å²) in [5, 5.41) is 0. The molecule has 39 heavy (non-hydrogen) atoms. The van der Waals surface area contributed by atoms with Gasteiger partial charge >= 0.3 is 7.12 Å². The molecule has 0 amide bonds. The maximum Gasteiger partial charge on any atom is 0.494 e. The van der Waals surface area contributed by atoms with Gasteiger partial charge in [0.2, 0.25) is 0 Å². The first-order chi connectivity index (χ1) is 18.8. The second-order valence-corrected chi connectivity index (χ2v) is 11.0. The van der Waals surface area contributed by atoms with Crippen molar-refractivity contribution < 1.29 is 9.31 Å². The van der Waals surface area contributed by atoms with Crippen LogP contribution in [0.4, 0.5) is 0 Å². The van der Waals surface area contributed by atoms with Crippen LogP contribution >= 0.6 is 0 Å². The van der Waals surface area contributed by atoms with Crippen molar-refractivity contribution in [2.75, 3.05) is 0 Å². The molecule has 0 saturated carbocycles. The van der Waals surface area contributed by atoms with Crippen LogP contribution in [0.15, 0.2) is 115 Å². The molecule has 1 fully saturated rings. The molecule has 0 bridgehead atoms. The summed E-state index contributed by atoms with van der Waals surface area (Å²) >= 11 is 0. The number of hydrogen-bond donors (Lipinski definition) is 0. The third-order valence-electron chi connectivity index (χ3n) is 7.75. The van der Waals surface area contributed by atoms with Crippen molar-refractivity contribution in [3.8, 4) is 45.0 Å². The lowest BCUT2D eigenvalue weighted by Crippen LogP contribution is -2.41. The van der Waals surface area contributed by atoms with Crippen LogP contribution < -0.4 is 5.46 Å². The smallest absolute Gasteiger partial charge is 0.399 e. The van der Waals surface area contributed by atoms with E-state index in [-0.39, 0.29) is 0 Å². The standard InChI is InChI=1S/C34H31BN2O2/c1-33(2)34(3,4)39-35(38-33)29-17-11-16-28(22-29)31-23-30(36-32(37-31)27-14-9-6-10-15-27)26-20-18-25(19-21-26)24-12-7-5-8-13-24/h5-23H,1-4H3. The Bertz CT molecular complexity index is 1580. The van der Waals surface area contributed by atoms with Crippen molar-refractivity contribution in [3.63, 3.8) is 0 Å². The Kier molecular flexibility index (Phi) is 6.42. The zero-order valence-electron chi connectivity index (χ0n) is 22.8. The van der Waals surface area contributed by atoms with Crippen molar-refractivity contribution in [2.45, 2.75) is 38.9 Å². The van der Waals surface area contributed by atoms with E-state index in [2.05, 4.69) is 94.4 Å². The first kappa shape index (κ1) is 25.2. The van der Waals surface area contributed by atoms with E-state index in [1.165, 1.54) is 11.1 Å². The minimum atomic E-state index is -0.435. The van der Waals surface area contributed by atoms with Gasteiger partial charge in [0.05, 0.1) is 22.6 Å². The van der Waals surface area contributed by atoms with E-state index in [0.29, 0.717) is 5.82 Å². The Labute approximate surface area is 230 Å². The highest BCUT2D eigenvalue weighted by Gasteiger charge is 2.51. The number of aromatic nitrogens is 2. The predicted octanol–water partition coefficient (Wildman–Crippen LogP) is 7.44. The van der Waals surface area contributed by atoms with Crippen molar-refractivity contribution in [3.05, 3.63) is 115 Å². The summed E-state index contributed by atoms with van der Waals surface area (Å²) in [4.78, 5) is 9.98. The molecule has 1 aromatic heterocycles. The molecule has 1 aliphatic heterocycles. The fraction of sp³-hybridized carbons (Fsp3) is 0.176. The van der Waals surface area contributed by atoms with Crippen molar-refractivity contribution in [1.82, 2.24) is 9.97 Å². The van der Waals surface area contributed by atoms with Gasteiger partial charge in [0.25, 0.3) is 0 Å². The summed E-state index contributed by atoms with van der Waals surface area (Å²) in [5.74, 6) is 0.691. The number of rotatable bonds is 5. The molecule has 0 radical (unpaired) electrons. The summed E-state index contributed by atoms with van der Waals surface area (Å²) in [6, 6.07) is 39.4. The van der Waals surface area contributed by atoms with Crippen LogP contribution in [0, 0.1) is 0 Å². The van der Waals surface area contributed by atoms with E-state index in [0.717, 1.165) is 33.5 Å². The summed E-state index contributed by atoms with van der Waals surface area (Å²) in [5.41, 5.74) is 7.27. The molecule has 0 aliphatic carbocycles. The molecule has 0 N–H and O–H groups in total. The normalized spacial score (nSPS) is 15.8. The number of nitrogens with zero attached hydrogens (tertiary/aromatic N) is 2. The third-order valence-corrected chi connectivity index (χ3v) is 7.75. The summed E-state index contributed by atoms with van der Waals surface area (Å²) < 4.78 is 12.6. The monoisotopic (exact) mass is 510 g/mol. The molecular weight excluding hydrogens is 479 g/mol. The van der Waals surface area contributed by atoms with Crippen LogP contribution in [-0.2, 0) is 9.31 Å². The molecule has 0 atom stereocenters. The average Bonchev–Trinajstić information content (AvgIpc) is 3.20. The lowest BCUT2D eigenvalue weighted by Gasteiger charge is -2.32. The van der Waals surface area contributed by atoms with Gasteiger partial charge in [0.15, 0.2) is 5.82 Å². The van der Waals surface area contributed by atoms with Gasteiger partial charge in [0, 0.05) is 11.1 Å². The predicted molar refractivity (Wildman–Crippen MR) is 159 cm³/mol. The largest absolute Gasteiger partial charge is 0.494 e. The molecule has 4 aromatic carbocycles. The highest BCUT2D eigenvalue weighted by atomic mass is 16.7. The highest BCUT2D eigenvalue weighted by molar-refractivity contribution is 6.62. The number of benzene rings is 4. The van der Waals surface area contributed by atoms with E-state index in [1.807, 2.05) is 48.5 Å². The van der Waals surface area contributed by atoms with Crippen LogP contribution in [0.25, 0.3) is 45.0 Å². The fourth-order valence-electron chi connectivity index (χ4n) is 4.75.